The van der Waals surface area contributed by atoms with Gasteiger partial charge in [-0.05, 0) is 24.6 Å². The Labute approximate surface area is 135 Å². The van der Waals surface area contributed by atoms with E-state index in [0.717, 1.165) is 4.47 Å². The zero-order chi connectivity index (χ0) is 15.7. The molecule has 0 aromatic heterocycles. The van der Waals surface area contributed by atoms with Crippen LogP contribution in [0.1, 0.15) is 18.5 Å². The molecule has 21 heavy (non-hydrogen) atoms. The van der Waals surface area contributed by atoms with Crippen LogP contribution in [0.2, 0.25) is 0 Å². The summed E-state index contributed by atoms with van der Waals surface area (Å²) in [5, 5.41) is 2.46. The van der Waals surface area contributed by atoms with E-state index < -0.39 is 35.0 Å². The van der Waals surface area contributed by atoms with Gasteiger partial charge in [0.2, 0.25) is 0 Å². The van der Waals surface area contributed by atoms with Crippen LogP contribution in [0.4, 0.5) is 23.2 Å². The van der Waals surface area contributed by atoms with Gasteiger partial charge >= 0.3 is 0 Å². The van der Waals surface area contributed by atoms with Crippen LogP contribution in [0.5, 0.6) is 0 Å². The molecule has 0 bridgehead atoms. The van der Waals surface area contributed by atoms with E-state index in [9.17, 15) is 17.6 Å². The summed E-state index contributed by atoms with van der Waals surface area (Å²) in [6.45, 7) is 1.62. The Balaban J connectivity index is 2.38. The highest BCUT2D eigenvalue weighted by Crippen LogP contribution is 2.32. The summed E-state index contributed by atoms with van der Waals surface area (Å²) < 4.78 is 55.1. The Morgan fingerprint density at radius 1 is 0.952 bits per heavy atom. The van der Waals surface area contributed by atoms with Crippen molar-refractivity contribution in [1.82, 2.24) is 0 Å². The van der Waals surface area contributed by atoms with Gasteiger partial charge in [0, 0.05) is 21.1 Å². The fourth-order valence-corrected chi connectivity index (χ4v) is 3.24. The van der Waals surface area contributed by atoms with Crippen molar-refractivity contribution in [3.8, 4) is 0 Å². The van der Waals surface area contributed by atoms with Gasteiger partial charge in [0.25, 0.3) is 0 Å². The van der Waals surface area contributed by atoms with Crippen LogP contribution in [-0.2, 0) is 0 Å². The summed E-state index contributed by atoms with van der Waals surface area (Å²) in [7, 11) is 0. The molecule has 0 aliphatic rings. The fourth-order valence-electron chi connectivity index (χ4n) is 1.85. The maximum Gasteiger partial charge on any atom is 0.185 e. The molecule has 0 saturated carbocycles. The van der Waals surface area contributed by atoms with Crippen molar-refractivity contribution in [3.05, 3.63) is 62.0 Å². The van der Waals surface area contributed by atoms with Gasteiger partial charge in [0.05, 0.1) is 0 Å². The van der Waals surface area contributed by atoms with Gasteiger partial charge in [-0.2, -0.15) is 0 Å². The Bertz CT molecular complexity index is 665. The van der Waals surface area contributed by atoms with E-state index >= 15 is 0 Å². The third-order valence-corrected chi connectivity index (χ3v) is 4.08. The minimum Gasteiger partial charge on any atom is -0.374 e. The lowest BCUT2D eigenvalue weighted by Crippen LogP contribution is -2.12. The third-order valence-electron chi connectivity index (χ3n) is 2.90. The second-order valence-corrected chi connectivity index (χ2v) is 6.15. The summed E-state index contributed by atoms with van der Waals surface area (Å²) in [5.74, 6) is -5.79. The monoisotopic (exact) mass is 425 g/mol. The van der Waals surface area contributed by atoms with Crippen molar-refractivity contribution in [2.75, 3.05) is 5.32 Å². The van der Waals surface area contributed by atoms with Gasteiger partial charge in [-0.3, -0.25) is 0 Å². The normalized spacial score (nSPS) is 12.3. The van der Waals surface area contributed by atoms with E-state index in [0.29, 0.717) is 10.0 Å². The minimum absolute atomic E-state index is 0.177. The molecule has 1 nitrogen and oxygen atoms in total. The zero-order valence-corrected chi connectivity index (χ0v) is 13.8. The second kappa shape index (κ2) is 6.36. The average molecular weight is 427 g/mol. The van der Waals surface area contributed by atoms with E-state index in [1.807, 2.05) is 0 Å². The summed E-state index contributed by atoms with van der Waals surface area (Å²) >= 11 is 6.61. The first-order valence-electron chi connectivity index (χ1n) is 5.85. The molecule has 7 heteroatoms. The average Bonchev–Trinajstić information content (AvgIpc) is 2.41. The van der Waals surface area contributed by atoms with Crippen molar-refractivity contribution < 1.29 is 17.6 Å². The molecule has 0 radical (unpaired) electrons. The van der Waals surface area contributed by atoms with Crippen LogP contribution >= 0.6 is 31.9 Å². The number of hydrogen-bond acceptors (Lipinski definition) is 1. The number of anilines is 1. The molecular formula is C14H9Br2F4N. The zero-order valence-electron chi connectivity index (χ0n) is 10.7. The molecule has 0 fully saturated rings. The highest BCUT2D eigenvalue weighted by molar-refractivity contribution is 9.11. The van der Waals surface area contributed by atoms with Gasteiger partial charge in [-0.1, -0.05) is 37.9 Å². The van der Waals surface area contributed by atoms with Crippen LogP contribution in [0.25, 0.3) is 0 Å². The maximum atomic E-state index is 13.6. The molecule has 1 unspecified atom stereocenters. The molecule has 0 heterocycles. The lowest BCUT2D eigenvalue weighted by atomic mass is 10.1. The standard InChI is InChI=1S/C14H9Br2F4N/c1-6(8-3-2-7(15)4-9(8)16)21-14-12(19)10(17)5-11(18)13(14)20/h2-6,21H,1H3. The van der Waals surface area contributed by atoms with Crippen LogP contribution in [0.3, 0.4) is 0 Å². The molecule has 0 spiro atoms. The first kappa shape index (κ1) is 16.3. The fraction of sp³-hybridized carbons (Fsp3) is 0.143. The van der Waals surface area contributed by atoms with E-state index in [-0.39, 0.29) is 6.07 Å². The molecule has 2 aromatic rings. The van der Waals surface area contributed by atoms with Crippen LogP contribution in [-0.4, -0.2) is 0 Å². The molecule has 112 valence electrons. The molecule has 2 rings (SSSR count). The number of benzene rings is 2. The third kappa shape index (κ3) is 3.40. The Kier molecular flexibility index (Phi) is 4.93. The molecule has 0 aliphatic carbocycles. The van der Waals surface area contributed by atoms with Gasteiger partial charge < -0.3 is 5.32 Å². The van der Waals surface area contributed by atoms with Gasteiger partial charge in [-0.25, -0.2) is 17.6 Å². The predicted octanol–water partition coefficient (Wildman–Crippen LogP) is 5.94. The Morgan fingerprint density at radius 2 is 1.52 bits per heavy atom. The van der Waals surface area contributed by atoms with E-state index in [4.69, 9.17) is 0 Å². The molecular weight excluding hydrogens is 418 g/mol. The molecule has 0 saturated heterocycles. The van der Waals surface area contributed by atoms with E-state index in [2.05, 4.69) is 37.2 Å². The summed E-state index contributed by atoms with van der Waals surface area (Å²) in [6.07, 6.45) is 0. The summed E-state index contributed by atoms with van der Waals surface area (Å²) in [5.41, 5.74) is -0.142. The predicted molar refractivity (Wildman–Crippen MR) is 80.2 cm³/mol. The van der Waals surface area contributed by atoms with E-state index in [1.54, 1.807) is 25.1 Å². The summed E-state index contributed by atoms with van der Waals surface area (Å²) in [4.78, 5) is 0. The number of hydrogen-bond donors (Lipinski definition) is 1. The lowest BCUT2D eigenvalue weighted by molar-refractivity contribution is 0.457. The molecule has 0 aliphatic heterocycles. The maximum absolute atomic E-state index is 13.6. The van der Waals surface area contributed by atoms with Gasteiger partial charge in [-0.15, -0.1) is 0 Å². The molecule has 2 aromatic carbocycles. The Hall–Kier alpha value is -1.08. The molecule has 1 atom stereocenters. The van der Waals surface area contributed by atoms with Crippen LogP contribution in [0, 0.1) is 23.3 Å². The number of nitrogens with one attached hydrogen (secondary N) is 1. The van der Waals surface area contributed by atoms with Crippen molar-refractivity contribution in [1.29, 1.82) is 0 Å². The highest BCUT2D eigenvalue weighted by atomic mass is 79.9. The van der Waals surface area contributed by atoms with Gasteiger partial charge in [0.15, 0.2) is 23.3 Å². The number of rotatable bonds is 3. The SMILES string of the molecule is CC(Nc1c(F)c(F)cc(F)c1F)c1ccc(Br)cc1Br. The van der Waals surface area contributed by atoms with E-state index in [1.165, 1.54) is 0 Å². The second-order valence-electron chi connectivity index (χ2n) is 4.38. The smallest absolute Gasteiger partial charge is 0.185 e. The highest BCUT2D eigenvalue weighted by Gasteiger charge is 2.21. The van der Waals surface area contributed by atoms with Crippen LogP contribution in [0.15, 0.2) is 33.2 Å². The largest absolute Gasteiger partial charge is 0.374 e. The number of halogens is 6. The minimum atomic E-state index is -1.45. The first-order chi connectivity index (χ1) is 9.81. The Morgan fingerprint density at radius 3 is 2.05 bits per heavy atom. The lowest BCUT2D eigenvalue weighted by Gasteiger charge is -2.18. The molecule has 1 N–H and O–H groups in total. The molecule has 0 amide bonds. The van der Waals surface area contributed by atoms with Crippen molar-refractivity contribution in [2.24, 2.45) is 0 Å². The topological polar surface area (TPSA) is 12.0 Å². The van der Waals surface area contributed by atoms with Crippen molar-refractivity contribution >= 4 is 37.5 Å². The van der Waals surface area contributed by atoms with Crippen molar-refractivity contribution in [3.63, 3.8) is 0 Å². The van der Waals surface area contributed by atoms with Crippen LogP contribution < -0.4 is 5.32 Å². The first-order valence-corrected chi connectivity index (χ1v) is 7.44. The quantitative estimate of drug-likeness (QED) is 0.473. The van der Waals surface area contributed by atoms with Crippen molar-refractivity contribution in [2.45, 2.75) is 13.0 Å². The van der Waals surface area contributed by atoms with Gasteiger partial charge in [0.1, 0.15) is 5.69 Å². The summed E-state index contributed by atoms with van der Waals surface area (Å²) in [6, 6.07) is 4.83.